The van der Waals surface area contributed by atoms with Crippen LogP contribution in [0.1, 0.15) is 61.3 Å². The highest BCUT2D eigenvalue weighted by molar-refractivity contribution is 5.89. The highest BCUT2D eigenvalue weighted by Gasteiger charge is 2.32. The van der Waals surface area contributed by atoms with E-state index in [1.165, 1.54) is 0 Å². The topological polar surface area (TPSA) is 105 Å². The molecule has 4 atom stereocenters. The smallest absolute Gasteiger partial charge is 0.408 e. The first-order valence-electron chi connectivity index (χ1n) is 8.45. The fourth-order valence-corrected chi connectivity index (χ4v) is 2.06. The molecule has 3 N–H and O–H groups in total. The number of carboxylic acids is 1. The fourth-order valence-electron chi connectivity index (χ4n) is 2.06. The van der Waals surface area contributed by atoms with Gasteiger partial charge in [0.1, 0.15) is 17.7 Å². The van der Waals surface area contributed by atoms with E-state index >= 15 is 0 Å². The predicted octanol–water partition coefficient (Wildman–Crippen LogP) is 2.54. The zero-order valence-corrected chi connectivity index (χ0v) is 15.8. The summed E-state index contributed by atoms with van der Waals surface area (Å²) in [5.41, 5.74) is -0.680. The van der Waals surface area contributed by atoms with Gasteiger partial charge in [0.25, 0.3) is 0 Å². The lowest BCUT2D eigenvalue weighted by molar-refractivity contribution is -0.143. The Kier molecular flexibility index (Phi) is 8.78. The van der Waals surface area contributed by atoms with Crippen molar-refractivity contribution in [3.05, 3.63) is 0 Å². The summed E-state index contributed by atoms with van der Waals surface area (Å²) in [6, 6.07) is -1.84. The Morgan fingerprint density at radius 2 is 1.42 bits per heavy atom. The van der Waals surface area contributed by atoms with Gasteiger partial charge in [-0.15, -0.1) is 0 Å². The van der Waals surface area contributed by atoms with Gasteiger partial charge in [0, 0.05) is 0 Å². The first-order valence-corrected chi connectivity index (χ1v) is 8.45. The van der Waals surface area contributed by atoms with E-state index in [1.54, 1.807) is 27.7 Å². The minimum absolute atomic E-state index is 0.163. The molecular weight excluding hydrogens is 312 g/mol. The molecule has 0 aromatic heterocycles. The second-order valence-electron chi connectivity index (χ2n) is 7.22. The Labute approximate surface area is 144 Å². The van der Waals surface area contributed by atoms with Crippen LogP contribution >= 0.6 is 0 Å². The molecular formula is C17H32N2O5. The minimum atomic E-state index is -1.09. The molecule has 0 bridgehead atoms. The van der Waals surface area contributed by atoms with Crippen LogP contribution in [0.4, 0.5) is 4.79 Å². The molecule has 7 nitrogen and oxygen atoms in total. The van der Waals surface area contributed by atoms with Gasteiger partial charge in [-0.25, -0.2) is 9.59 Å². The van der Waals surface area contributed by atoms with Crippen LogP contribution in [0.5, 0.6) is 0 Å². The zero-order valence-electron chi connectivity index (χ0n) is 15.8. The van der Waals surface area contributed by atoms with Gasteiger partial charge in [-0.1, -0.05) is 40.5 Å². The van der Waals surface area contributed by atoms with Crippen LogP contribution < -0.4 is 10.6 Å². The average molecular weight is 344 g/mol. The molecule has 0 aliphatic heterocycles. The number of amides is 2. The van der Waals surface area contributed by atoms with E-state index in [-0.39, 0.29) is 11.8 Å². The zero-order chi connectivity index (χ0) is 19.1. The Morgan fingerprint density at radius 3 is 1.79 bits per heavy atom. The van der Waals surface area contributed by atoms with E-state index in [9.17, 15) is 19.5 Å². The molecule has 140 valence electrons. The summed E-state index contributed by atoms with van der Waals surface area (Å²) >= 11 is 0. The number of hydrogen-bond donors (Lipinski definition) is 3. The number of carboxylic acid groups (broad SMARTS) is 1. The van der Waals surface area contributed by atoms with E-state index in [0.717, 1.165) is 0 Å². The van der Waals surface area contributed by atoms with Crippen molar-refractivity contribution < 1.29 is 24.2 Å². The Morgan fingerprint density at radius 1 is 0.958 bits per heavy atom. The third-order valence-corrected chi connectivity index (χ3v) is 3.94. The number of hydrogen-bond acceptors (Lipinski definition) is 4. The summed E-state index contributed by atoms with van der Waals surface area (Å²) in [6.45, 7) is 12.5. The third kappa shape index (κ3) is 7.66. The summed E-state index contributed by atoms with van der Waals surface area (Å²) in [5, 5.41) is 14.4. The number of ether oxygens (including phenoxy) is 1. The average Bonchev–Trinajstić information content (AvgIpc) is 2.46. The van der Waals surface area contributed by atoms with Gasteiger partial charge in [-0.3, -0.25) is 4.79 Å². The van der Waals surface area contributed by atoms with Crippen molar-refractivity contribution in [2.24, 2.45) is 11.8 Å². The molecule has 0 unspecified atom stereocenters. The van der Waals surface area contributed by atoms with Crippen LogP contribution in [0, 0.1) is 11.8 Å². The van der Waals surface area contributed by atoms with E-state index in [1.807, 2.05) is 20.8 Å². The number of carbonyl (C=O) groups excluding carboxylic acids is 2. The van der Waals surface area contributed by atoms with Crippen molar-refractivity contribution in [1.29, 1.82) is 0 Å². The van der Waals surface area contributed by atoms with Crippen molar-refractivity contribution in [1.82, 2.24) is 10.6 Å². The summed E-state index contributed by atoms with van der Waals surface area (Å²) < 4.78 is 5.19. The molecule has 0 rings (SSSR count). The second kappa shape index (κ2) is 9.49. The first-order chi connectivity index (χ1) is 10.9. The quantitative estimate of drug-likeness (QED) is 0.627. The highest BCUT2D eigenvalue weighted by atomic mass is 16.6. The van der Waals surface area contributed by atoms with Crippen LogP contribution in [0.15, 0.2) is 0 Å². The van der Waals surface area contributed by atoms with Gasteiger partial charge in [-0.2, -0.15) is 0 Å². The van der Waals surface area contributed by atoms with Gasteiger partial charge < -0.3 is 20.5 Å². The molecule has 0 saturated heterocycles. The van der Waals surface area contributed by atoms with Gasteiger partial charge in [0.2, 0.25) is 5.91 Å². The predicted molar refractivity (Wildman–Crippen MR) is 91.6 cm³/mol. The maximum atomic E-state index is 12.5. The molecule has 0 aromatic carbocycles. The van der Waals surface area contributed by atoms with Crippen molar-refractivity contribution >= 4 is 18.0 Å². The van der Waals surface area contributed by atoms with Crippen LogP contribution in [0.2, 0.25) is 0 Å². The molecule has 0 saturated carbocycles. The lowest BCUT2D eigenvalue weighted by atomic mass is 9.95. The number of aliphatic carboxylic acids is 1. The Balaban J connectivity index is 5.13. The molecule has 7 heteroatoms. The largest absolute Gasteiger partial charge is 0.480 e. The fraction of sp³-hybridized carbons (Fsp3) is 0.824. The lowest BCUT2D eigenvalue weighted by Gasteiger charge is -2.28. The maximum Gasteiger partial charge on any atom is 0.408 e. The minimum Gasteiger partial charge on any atom is -0.480 e. The van der Waals surface area contributed by atoms with Gasteiger partial charge >= 0.3 is 12.1 Å². The molecule has 0 fully saturated rings. The molecule has 0 spiro atoms. The molecule has 0 aliphatic carbocycles. The van der Waals surface area contributed by atoms with Crippen molar-refractivity contribution in [2.45, 2.75) is 79.0 Å². The van der Waals surface area contributed by atoms with E-state index in [0.29, 0.717) is 12.8 Å². The van der Waals surface area contributed by atoms with Gasteiger partial charge in [-0.05, 0) is 32.6 Å². The summed E-state index contributed by atoms with van der Waals surface area (Å²) in [7, 11) is 0. The molecule has 0 aliphatic rings. The van der Waals surface area contributed by atoms with Crippen LogP contribution in [-0.2, 0) is 14.3 Å². The van der Waals surface area contributed by atoms with Crippen molar-refractivity contribution in [2.75, 3.05) is 0 Å². The normalized spacial score (nSPS) is 16.5. The van der Waals surface area contributed by atoms with E-state index in [4.69, 9.17) is 4.74 Å². The molecule has 0 radical (unpaired) electrons. The number of nitrogens with one attached hydrogen (secondary N) is 2. The molecule has 0 aromatic rings. The standard InChI is InChI=1S/C17H32N2O5/c1-8-10(3)12(19-16(23)24-17(5,6)7)14(20)18-13(15(21)22)11(4)9-2/h10-13H,8-9H2,1-7H3,(H,18,20)(H,19,23)(H,21,22)/t10-,11-,12-,13-/m0/s1. The SMILES string of the molecule is CC[C@H](C)[C@H](NC(=O)[C@@H](NC(=O)OC(C)(C)C)[C@@H](C)CC)C(=O)O. The Bertz CT molecular complexity index is 445. The van der Waals surface area contributed by atoms with Crippen LogP contribution in [0.3, 0.4) is 0 Å². The first kappa shape index (κ1) is 22.2. The number of carbonyl (C=O) groups is 3. The number of alkyl carbamates (subject to hydrolysis) is 1. The summed E-state index contributed by atoms with van der Waals surface area (Å²) in [4.78, 5) is 35.9. The van der Waals surface area contributed by atoms with Gasteiger partial charge in [0.05, 0.1) is 0 Å². The molecule has 0 heterocycles. The Hall–Kier alpha value is -1.79. The molecule has 2 amide bonds. The van der Waals surface area contributed by atoms with Crippen LogP contribution in [-0.4, -0.2) is 40.8 Å². The second-order valence-corrected chi connectivity index (χ2v) is 7.22. The summed E-state index contributed by atoms with van der Waals surface area (Å²) in [6.07, 6.45) is 0.568. The number of rotatable bonds is 8. The third-order valence-electron chi connectivity index (χ3n) is 3.94. The van der Waals surface area contributed by atoms with Crippen LogP contribution in [0.25, 0.3) is 0 Å². The highest BCUT2D eigenvalue weighted by Crippen LogP contribution is 2.13. The van der Waals surface area contributed by atoms with Crippen molar-refractivity contribution in [3.63, 3.8) is 0 Å². The van der Waals surface area contributed by atoms with Crippen molar-refractivity contribution in [3.8, 4) is 0 Å². The maximum absolute atomic E-state index is 12.5. The van der Waals surface area contributed by atoms with E-state index < -0.39 is 35.7 Å². The monoisotopic (exact) mass is 344 g/mol. The lowest BCUT2D eigenvalue weighted by Crippen LogP contribution is -2.56. The molecule has 24 heavy (non-hydrogen) atoms. The summed E-state index contributed by atoms with van der Waals surface area (Å²) in [5.74, 6) is -1.98. The van der Waals surface area contributed by atoms with E-state index in [2.05, 4.69) is 10.6 Å². The van der Waals surface area contributed by atoms with Gasteiger partial charge in [0.15, 0.2) is 0 Å².